The molecule has 0 saturated heterocycles. The zero-order valence-corrected chi connectivity index (χ0v) is 15.9. The molecule has 0 aliphatic heterocycles. The van der Waals surface area contributed by atoms with E-state index in [9.17, 15) is 0 Å². The van der Waals surface area contributed by atoms with Crippen molar-refractivity contribution in [1.82, 2.24) is 15.2 Å². The summed E-state index contributed by atoms with van der Waals surface area (Å²) in [4.78, 5) is 11.0. The quantitative estimate of drug-likeness (QED) is 0.462. The molecule has 114 valence electrons. The van der Waals surface area contributed by atoms with E-state index < -0.39 is 0 Å². The molecule has 0 bridgehead atoms. The van der Waals surface area contributed by atoms with E-state index in [1.807, 2.05) is 14.0 Å². The molecule has 1 fully saturated rings. The maximum atomic E-state index is 4.50. The lowest BCUT2D eigenvalue weighted by molar-refractivity contribution is 0.467. The van der Waals surface area contributed by atoms with Crippen molar-refractivity contribution in [1.29, 1.82) is 0 Å². The van der Waals surface area contributed by atoms with Gasteiger partial charge in [0.15, 0.2) is 5.96 Å². The number of rotatable bonds is 5. The number of halogens is 1. The predicted octanol–water partition coefficient (Wildman–Crippen LogP) is 3.27. The number of hydrogen-bond acceptors (Lipinski definition) is 3. The Bertz CT molecular complexity index is 446. The highest BCUT2D eigenvalue weighted by atomic mass is 127. The second kappa shape index (κ2) is 8.17. The third-order valence-corrected chi connectivity index (χ3v) is 4.36. The summed E-state index contributed by atoms with van der Waals surface area (Å²) in [7, 11) is 3.92. The fourth-order valence-electron chi connectivity index (χ4n) is 2.42. The number of nitrogens with one attached hydrogen (secondary N) is 1. The first-order valence-electron chi connectivity index (χ1n) is 6.99. The van der Waals surface area contributed by atoms with Gasteiger partial charge in [-0.2, -0.15) is 0 Å². The Hall–Kier alpha value is -0.370. The van der Waals surface area contributed by atoms with Crippen LogP contribution in [-0.2, 0) is 6.54 Å². The Morgan fingerprint density at radius 2 is 2.35 bits per heavy atom. The molecule has 1 aliphatic rings. The molecule has 0 radical (unpaired) electrons. The smallest absolute Gasteiger partial charge is 0.193 e. The van der Waals surface area contributed by atoms with Crippen LogP contribution in [0.25, 0.3) is 0 Å². The predicted molar refractivity (Wildman–Crippen MR) is 97.0 cm³/mol. The van der Waals surface area contributed by atoms with Crippen molar-refractivity contribution in [2.75, 3.05) is 14.1 Å². The zero-order valence-electron chi connectivity index (χ0n) is 12.7. The van der Waals surface area contributed by atoms with E-state index in [-0.39, 0.29) is 24.0 Å². The van der Waals surface area contributed by atoms with Crippen LogP contribution >= 0.6 is 35.3 Å². The molecule has 0 spiro atoms. The van der Waals surface area contributed by atoms with Gasteiger partial charge in [-0.1, -0.05) is 13.3 Å². The summed E-state index contributed by atoms with van der Waals surface area (Å²) >= 11 is 1.70. The summed E-state index contributed by atoms with van der Waals surface area (Å²) in [6.45, 7) is 5.11. The van der Waals surface area contributed by atoms with Crippen LogP contribution in [0.2, 0.25) is 0 Å². The highest BCUT2D eigenvalue weighted by Gasteiger charge is 2.37. The van der Waals surface area contributed by atoms with Crippen molar-refractivity contribution in [3.8, 4) is 0 Å². The summed E-state index contributed by atoms with van der Waals surface area (Å²) in [5.41, 5.74) is 1.12. The van der Waals surface area contributed by atoms with Crippen LogP contribution in [-0.4, -0.2) is 36.0 Å². The maximum absolute atomic E-state index is 4.50. The van der Waals surface area contributed by atoms with Crippen molar-refractivity contribution in [2.45, 2.75) is 45.7 Å². The Labute approximate surface area is 143 Å². The fourth-order valence-corrected chi connectivity index (χ4v) is 3.03. The van der Waals surface area contributed by atoms with Crippen LogP contribution in [0.5, 0.6) is 0 Å². The molecule has 1 N–H and O–H groups in total. The van der Waals surface area contributed by atoms with Gasteiger partial charge in [0.05, 0.1) is 17.2 Å². The van der Waals surface area contributed by atoms with Crippen molar-refractivity contribution in [3.05, 3.63) is 16.1 Å². The van der Waals surface area contributed by atoms with Crippen LogP contribution in [0.1, 0.15) is 36.9 Å². The van der Waals surface area contributed by atoms with Crippen molar-refractivity contribution in [3.63, 3.8) is 0 Å². The molecule has 6 heteroatoms. The second-order valence-corrected chi connectivity index (χ2v) is 6.36. The van der Waals surface area contributed by atoms with Gasteiger partial charge in [0.25, 0.3) is 0 Å². The minimum Gasteiger partial charge on any atom is -0.353 e. The van der Waals surface area contributed by atoms with Gasteiger partial charge in [0, 0.05) is 25.5 Å². The molecular formula is C14H25IN4S. The van der Waals surface area contributed by atoms with E-state index in [0.29, 0.717) is 6.04 Å². The van der Waals surface area contributed by atoms with Crippen LogP contribution in [0, 0.1) is 12.8 Å². The number of aliphatic imine (C=N–C) groups is 1. The second-order valence-electron chi connectivity index (χ2n) is 5.30. The molecule has 0 aromatic carbocycles. The number of aromatic nitrogens is 1. The molecule has 2 unspecified atom stereocenters. The normalized spacial score (nSPS) is 21.3. The van der Waals surface area contributed by atoms with Gasteiger partial charge in [0.1, 0.15) is 0 Å². The van der Waals surface area contributed by atoms with Gasteiger partial charge >= 0.3 is 0 Å². The Morgan fingerprint density at radius 3 is 2.90 bits per heavy atom. The molecule has 0 amide bonds. The SMILES string of the molecule is CCCC1CC1NC(=NC)N(C)Cc1csc(C)n1.I. The minimum atomic E-state index is 0. The maximum Gasteiger partial charge on any atom is 0.193 e. The van der Waals surface area contributed by atoms with E-state index in [1.54, 1.807) is 11.3 Å². The third-order valence-electron chi connectivity index (χ3n) is 3.54. The number of nitrogens with zero attached hydrogens (tertiary/aromatic N) is 3. The average Bonchev–Trinajstić information content (AvgIpc) is 2.98. The molecule has 1 heterocycles. The van der Waals surface area contributed by atoms with Crippen molar-refractivity contribution >= 4 is 41.3 Å². The molecule has 1 aliphatic carbocycles. The molecule has 4 nitrogen and oxygen atoms in total. The monoisotopic (exact) mass is 408 g/mol. The summed E-state index contributed by atoms with van der Waals surface area (Å²) in [5.74, 6) is 1.82. The molecule has 2 rings (SSSR count). The fraction of sp³-hybridized carbons (Fsp3) is 0.714. The molecule has 1 aromatic heterocycles. The lowest BCUT2D eigenvalue weighted by Crippen LogP contribution is -2.40. The Balaban J connectivity index is 0.00000200. The summed E-state index contributed by atoms with van der Waals surface area (Å²) in [6.07, 6.45) is 3.88. The van der Waals surface area contributed by atoms with Crippen LogP contribution in [0.4, 0.5) is 0 Å². The van der Waals surface area contributed by atoms with Crippen LogP contribution < -0.4 is 5.32 Å². The van der Waals surface area contributed by atoms with Gasteiger partial charge in [-0.15, -0.1) is 35.3 Å². The summed E-state index contributed by atoms with van der Waals surface area (Å²) < 4.78 is 0. The van der Waals surface area contributed by atoms with Gasteiger partial charge in [-0.05, 0) is 25.7 Å². The largest absolute Gasteiger partial charge is 0.353 e. The number of thiazole rings is 1. The van der Waals surface area contributed by atoms with Gasteiger partial charge in [-0.25, -0.2) is 4.98 Å². The highest BCUT2D eigenvalue weighted by Crippen LogP contribution is 2.34. The third kappa shape index (κ3) is 4.87. The first kappa shape index (κ1) is 17.7. The van der Waals surface area contributed by atoms with E-state index in [1.165, 1.54) is 19.3 Å². The van der Waals surface area contributed by atoms with Gasteiger partial charge in [0.2, 0.25) is 0 Å². The number of guanidine groups is 1. The van der Waals surface area contributed by atoms with Gasteiger partial charge in [-0.3, -0.25) is 4.99 Å². The van der Waals surface area contributed by atoms with E-state index in [0.717, 1.165) is 29.1 Å². The zero-order chi connectivity index (χ0) is 13.8. The summed E-state index contributed by atoms with van der Waals surface area (Å²) in [5, 5.41) is 6.80. The van der Waals surface area contributed by atoms with Crippen LogP contribution in [0.3, 0.4) is 0 Å². The molecular weight excluding hydrogens is 383 g/mol. The van der Waals surface area contributed by atoms with E-state index >= 15 is 0 Å². The molecule has 1 aromatic rings. The summed E-state index contributed by atoms with van der Waals surface area (Å²) in [6, 6.07) is 0.623. The van der Waals surface area contributed by atoms with E-state index in [4.69, 9.17) is 0 Å². The molecule has 1 saturated carbocycles. The lowest BCUT2D eigenvalue weighted by Gasteiger charge is -2.21. The average molecular weight is 408 g/mol. The highest BCUT2D eigenvalue weighted by molar-refractivity contribution is 14.0. The number of hydrogen-bond donors (Lipinski definition) is 1. The molecule has 2 atom stereocenters. The lowest BCUT2D eigenvalue weighted by atomic mass is 10.2. The molecule has 20 heavy (non-hydrogen) atoms. The van der Waals surface area contributed by atoms with E-state index in [2.05, 4.69) is 39.5 Å². The van der Waals surface area contributed by atoms with Crippen LogP contribution in [0.15, 0.2) is 10.4 Å². The van der Waals surface area contributed by atoms with Crippen molar-refractivity contribution < 1.29 is 0 Å². The first-order valence-corrected chi connectivity index (χ1v) is 7.87. The first-order chi connectivity index (χ1) is 9.13. The topological polar surface area (TPSA) is 40.5 Å². The van der Waals surface area contributed by atoms with Crippen molar-refractivity contribution in [2.24, 2.45) is 10.9 Å². The Morgan fingerprint density at radius 1 is 1.60 bits per heavy atom. The van der Waals surface area contributed by atoms with Gasteiger partial charge < -0.3 is 10.2 Å². The minimum absolute atomic E-state index is 0. The standard InChI is InChI=1S/C14H24N4S.HI/c1-5-6-11-7-13(11)17-14(15-3)18(4)8-12-9-19-10(2)16-12;/h9,11,13H,5-8H2,1-4H3,(H,15,17);1H. The number of aryl methyl sites for hydroxylation is 1. The Kier molecular flexibility index (Phi) is 7.22.